The Labute approximate surface area is 165 Å². The Balaban J connectivity index is 2.00. The molecule has 0 spiro atoms. The summed E-state index contributed by atoms with van der Waals surface area (Å²) in [4.78, 5) is 0. The maximum absolute atomic E-state index is 12.8. The molecule has 28 heavy (non-hydrogen) atoms. The van der Waals surface area contributed by atoms with Crippen molar-refractivity contribution < 1.29 is 26.3 Å². The number of sulfonamides is 1. The van der Waals surface area contributed by atoms with Crippen molar-refractivity contribution in [2.45, 2.75) is 57.9 Å². The molecule has 0 aliphatic carbocycles. The summed E-state index contributed by atoms with van der Waals surface area (Å²) in [5.41, 5.74) is 0.693. The first-order valence-electron chi connectivity index (χ1n) is 9.76. The van der Waals surface area contributed by atoms with Gasteiger partial charge in [-0.3, -0.25) is 0 Å². The van der Waals surface area contributed by atoms with Gasteiger partial charge in [0, 0.05) is 12.6 Å². The van der Waals surface area contributed by atoms with Crippen LogP contribution in [0.5, 0.6) is 5.75 Å². The SMILES string of the molecule is CCCCS(=O)(=O)N(CCCc1cccc(OC(F)(F)F)c1)C1CCNCC1. The molecule has 1 heterocycles. The average Bonchev–Trinajstić information content (AvgIpc) is 2.63. The third-order valence-corrected chi connectivity index (χ3v) is 6.80. The third kappa shape index (κ3) is 7.60. The first-order valence-corrected chi connectivity index (χ1v) is 11.4. The maximum Gasteiger partial charge on any atom is 0.573 e. The summed E-state index contributed by atoms with van der Waals surface area (Å²) in [6.45, 7) is 3.92. The quantitative estimate of drug-likeness (QED) is 0.625. The minimum absolute atomic E-state index is 0.0111. The number of hydrogen-bond donors (Lipinski definition) is 1. The summed E-state index contributed by atoms with van der Waals surface area (Å²) in [7, 11) is -3.34. The van der Waals surface area contributed by atoms with Gasteiger partial charge in [0.25, 0.3) is 0 Å². The highest BCUT2D eigenvalue weighted by molar-refractivity contribution is 7.89. The average molecular weight is 423 g/mol. The third-order valence-electron chi connectivity index (χ3n) is 4.81. The van der Waals surface area contributed by atoms with Crippen LogP contribution in [0.1, 0.15) is 44.6 Å². The summed E-state index contributed by atoms with van der Waals surface area (Å²) in [6.07, 6.45) is -0.700. The molecule has 9 heteroatoms. The number of piperidine rings is 1. The number of unbranched alkanes of at least 4 members (excludes halogenated alkanes) is 1. The zero-order valence-electron chi connectivity index (χ0n) is 16.2. The zero-order chi connectivity index (χ0) is 20.6. The lowest BCUT2D eigenvalue weighted by Gasteiger charge is -2.34. The van der Waals surface area contributed by atoms with Gasteiger partial charge >= 0.3 is 6.36 Å². The van der Waals surface area contributed by atoms with Gasteiger partial charge in [0.2, 0.25) is 10.0 Å². The Morgan fingerprint density at radius 1 is 1.21 bits per heavy atom. The minimum Gasteiger partial charge on any atom is -0.406 e. The molecule has 0 radical (unpaired) electrons. The van der Waals surface area contributed by atoms with Crippen LogP contribution in [-0.2, 0) is 16.4 Å². The lowest BCUT2D eigenvalue weighted by atomic mass is 10.1. The molecule has 2 rings (SSSR count). The highest BCUT2D eigenvalue weighted by Crippen LogP contribution is 2.24. The van der Waals surface area contributed by atoms with Crippen LogP contribution in [0.3, 0.4) is 0 Å². The lowest BCUT2D eigenvalue weighted by molar-refractivity contribution is -0.274. The molecule has 160 valence electrons. The molecular weight excluding hydrogens is 393 g/mol. The number of benzene rings is 1. The van der Waals surface area contributed by atoms with Crippen LogP contribution in [-0.4, -0.2) is 50.5 Å². The van der Waals surface area contributed by atoms with Gasteiger partial charge in [-0.2, -0.15) is 4.31 Å². The molecule has 0 amide bonds. The monoisotopic (exact) mass is 422 g/mol. The number of rotatable bonds is 10. The highest BCUT2D eigenvalue weighted by Gasteiger charge is 2.31. The fourth-order valence-electron chi connectivity index (χ4n) is 3.42. The predicted molar refractivity (Wildman–Crippen MR) is 103 cm³/mol. The van der Waals surface area contributed by atoms with Crippen molar-refractivity contribution in [1.82, 2.24) is 9.62 Å². The zero-order valence-corrected chi connectivity index (χ0v) is 17.0. The first-order chi connectivity index (χ1) is 13.2. The van der Waals surface area contributed by atoms with E-state index in [1.165, 1.54) is 18.2 Å². The Morgan fingerprint density at radius 3 is 2.57 bits per heavy atom. The van der Waals surface area contributed by atoms with Crippen molar-refractivity contribution in [3.8, 4) is 5.75 Å². The van der Waals surface area contributed by atoms with Gasteiger partial charge in [-0.05, 0) is 62.9 Å². The number of nitrogens with one attached hydrogen (secondary N) is 1. The van der Waals surface area contributed by atoms with Gasteiger partial charge in [-0.15, -0.1) is 13.2 Å². The van der Waals surface area contributed by atoms with Crippen LogP contribution in [0.4, 0.5) is 13.2 Å². The van der Waals surface area contributed by atoms with Crippen LogP contribution in [0, 0.1) is 0 Å². The molecule has 1 N–H and O–H groups in total. The molecule has 0 aromatic heterocycles. The summed E-state index contributed by atoms with van der Waals surface area (Å²) < 4.78 is 68.3. The largest absolute Gasteiger partial charge is 0.573 e. The molecule has 0 saturated carbocycles. The van der Waals surface area contributed by atoms with Crippen LogP contribution < -0.4 is 10.1 Å². The van der Waals surface area contributed by atoms with Gasteiger partial charge in [0.05, 0.1) is 5.75 Å². The number of aryl methyl sites for hydroxylation is 1. The van der Waals surface area contributed by atoms with Crippen LogP contribution in [0.15, 0.2) is 24.3 Å². The van der Waals surface area contributed by atoms with E-state index in [4.69, 9.17) is 0 Å². The van der Waals surface area contributed by atoms with E-state index in [0.29, 0.717) is 31.4 Å². The Morgan fingerprint density at radius 2 is 1.93 bits per heavy atom. The molecule has 1 fully saturated rings. The second kappa shape index (κ2) is 10.5. The molecule has 0 bridgehead atoms. The molecule has 1 aromatic rings. The predicted octanol–water partition coefficient (Wildman–Crippen LogP) is 3.70. The topological polar surface area (TPSA) is 58.6 Å². The Kier molecular flexibility index (Phi) is 8.57. The normalized spacial score (nSPS) is 16.5. The van der Waals surface area contributed by atoms with Crippen LogP contribution in [0.25, 0.3) is 0 Å². The fourth-order valence-corrected chi connectivity index (χ4v) is 5.38. The minimum atomic E-state index is -4.72. The van der Waals surface area contributed by atoms with Crippen molar-refractivity contribution in [3.05, 3.63) is 29.8 Å². The fraction of sp³-hybridized carbons (Fsp3) is 0.684. The van der Waals surface area contributed by atoms with Gasteiger partial charge < -0.3 is 10.1 Å². The molecule has 1 aliphatic heterocycles. The van der Waals surface area contributed by atoms with Crippen molar-refractivity contribution in [1.29, 1.82) is 0 Å². The van der Waals surface area contributed by atoms with E-state index in [2.05, 4.69) is 10.1 Å². The Bertz CT molecular complexity index is 705. The summed E-state index contributed by atoms with van der Waals surface area (Å²) in [5.74, 6) is -0.113. The van der Waals surface area contributed by atoms with E-state index in [9.17, 15) is 21.6 Å². The van der Waals surface area contributed by atoms with Crippen LogP contribution >= 0.6 is 0 Å². The molecule has 1 aromatic carbocycles. The van der Waals surface area contributed by atoms with E-state index >= 15 is 0 Å². The van der Waals surface area contributed by atoms with E-state index in [0.717, 1.165) is 32.4 Å². The summed E-state index contributed by atoms with van der Waals surface area (Å²) in [5, 5.41) is 3.24. The summed E-state index contributed by atoms with van der Waals surface area (Å²) in [6, 6.07) is 5.84. The molecule has 1 aliphatic rings. The van der Waals surface area contributed by atoms with Crippen molar-refractivity contribution >= 4 is 10.0 Å². The Hall–Kier alpha value is -1.32. The van der Waals surface area contributed by atoms with Gasteiger partial charge in [0.1, 0.15) is 5.75 Å². The van der Waals surface area contributed by atoms with Crippen molar-refractivity contribution in [2.75, 3.05) is 25.4 Å². The number of halogens is 3. The maximum atomic E-state index is 12.8. The number of nitrogens with zero attached hydrogens (tertiary/aromatic N) is 1. The van der Waals surface area contributed by atoms with Crippen LogP contribution in [0.2, 0.25) is 0 Å². The summed E-state index contributed by atoms with van der Waals surface area (Å²) >= 11 is 0. The standard InChI is InChI=1S/C19H29F3N2O3S/c1-2-3-14-28(25,26)24(17-9-11-23-12-10-17)13-5-7-16-6-4-8-18(15-16)27-19(20,21)22/h4,6,8,15,17,23H,2-3,5,7,9-14H2,1H3. The van der Waals surface area contributed by atoms with E-state index in [-0.39, 0.29) is 17.5 Å². The van der Waals surface area contributed by atoms with Crippen molar-refractivity contribution in [3.63, 3.8) is 0 Å². The molecule has 5 nitrogen and oxygen atoms in total. The molecule has 0 unspecified atom stereocenters. The van der Waals surface area contributed by atoms with E-state index < -0.39 is 16.4 Å². The number of hydrogen-bond acceptors (Lipinski definition) is 4. The van der Waals surface area contributed by atoms with Crippen molar-refractivity contribution in [2.24, 2.45) is 0 Å². The van der Waals surface area contributed by atoms with Gasteiger partial charge in [-0.25, -0.2) is 8.42 Å². The molecular formula is C19H29F3N2O3S. The van der Waals surface area contributed by atoms with Gasteiger partial charge in [-0.1, -0.05) is 25.5 Å². The lowest BCUT2D eigenvalue weighted by Crippen LogP contribution is -2.47. The number of ether oxygens (including phenoxy) is 1. The molecule has 1 saturated heterocycles. The van der Waals surface area contributed by atoms with E-state index in [1.807, 2.05) is 6.92 Å². The van der Waals surface area contributed by atoms with Gasteiger partial charge in [0.15, 0.2) is 0 Å². The highest BCUT2D eigenvalue weighted by atomic mass is 32.2. The first kappa shape index (κ1) is 23.0. The second-order valence-corrected chi connectivity index (χ2v) is 9.10. The second-order valence-electron chi connectivity index (χ2n) is 7.06. The smallest absolute Gasteiger partial charge is 0.406 e. The molecule has 0 atom stereocenters. The number of alkyl halides is 3. The van der Waals surface area contributed by atoms with E-state index in [1.54, 1.807) is 10.4 Å².